The fourth-order valence-electron chi connectivity index (χ4n) is 2.11. The molecule has 0 saturated carbocycles. The second-order valence-corrected chi connectivity index (χ2v) is 6.10. The molecule has 1 aromatic rings. The van der Waals surface area contributed by atoms with Crippen molar-refractivity contribution >= 4 is 15.9 Å². The van der Waals surface area contributed by atoms with Gasteiger partial charge in [0.15, 0.2) is 0 Å². The number of hydrogen-bond donors (Lipinski definition) is 2. The zero-order chi connectivity index (χ0) is 13.0. The van der Waals surface area contributed by atoms with Crippen molar-refractivity contribution in [2.75, 3.05) is 17.8 Å². The summed E-state index contributed by atoms with van der Waals surface area (Å²) in [6, 6.07) is 7.21. The van der Waals surface area contributed by atoms with Crippen molar-refractivity contribution < 1.29 is 8.42 Å². The molecule has 0 spiro atoms. The molecule has 0 unspecified atom stereocenters. The first-order valence-corrected chi connectivity index (χ1v) is 7.63. The van der Waals surface area contributed by atoms with E-state index in [9.17, 15) is 8.42 Å². The number of nitrogens with one attached hydrogen (secondary N) is 1. The van der Waals surface area contributed by atoms with Crippen molar-refractivity contribution in [3.05, 3.63) is 29.8 Å². The summed E-state index contributed by atoms with van der Waals surface area (Å²) >= 11 is 0. The van der Waals surface area contributed by atoms with Crippen molar-refractivity contribution in [3.63, 3.8) is 0 Å². The van der Waals surface area contributed by atoms with Crippen molar-refractivity contribution in [2.24, 2.45) is 5.73 Å². The van der Waals surface area contributed by atoms with Crippen LogP contribution in [0.4, 0.5) is 5.69 Å². The summed E-state index contributed by atoms with van der Waals surface area (Å²) in [6.45, 7) is 1.51. The van der Waals surface area contributed by atoms with E-state index in [1.54, 1.807) is 12.1 Å². The van der Waals surface area contributed by atoms with Gasteiger partial charge in [-0.25, -0.2) is 0 Å². The molecule has 0 bridgehead atoms. The van der Waals surface area contributed by atoms with E-state index in [0.717, 1.165) is 24.8 Å². The average Bonchev–Trinajstić information content (AvgIpc) is 2.40. The molecule has 1 aromatic carbocycles. The van der Waals surface area contributed by atoms with Crippen LogP contribution < -0.4 is 10.5 Å². The van der Waals surface area contributed by atoms with E-state index in [2.05, 4.69) is 4.72 Å². The molecule has 3 N–H and O–H groups in total. The van der Waals surface area contributed by atoms with Gasteiger partial charge in [0.05, 0.1) is 5.69 Å². The van der Waals surface area contributed by atoms with Crippen LogP contribution in [0.2, 0.25) is 0 Å². The first kappa shape index (κ1) is 13.3. The Balaban J connectivity index is 2.16. The van der Waals surface area contributed by atoms with Gasteiger partial charge in [-0.05, 0) is 24.5 Å². The Bertz CT molecular complexity index is 496. The van der Waals surface area contributed by atoms with Gasteiger partial charge in [0.2, 0.25) is 0 Å². The van der Waals surface area contributed by atoms with Crippen molar-refractivity contribution in [1.29, 1.82) is 0 Å². The molecule has 5 nitrogen and oxygen atoms in total. The predicted octanol–water partition coefficient (Wildman–Crippen LogP) is 1.29. The van der Waals surface area contributed by atoms with E-state index in [-0.39, 0.29) is 0 Å². The largest absolute Gasteiger partial charge is 0.326 e. The molecule has 0 aliphatic carbocycles. The van der Waals surface area contributed by atoms with Gasteiger partial charge in [0.25, 0.3) is 0 Å². The molecule has 100 valence electrons. The summed E-state index contributed by atoms with van der Waals surface area (Å²) in [5, 5.41) is 0. The molecule has 2 rings (SSSR count). The van der Waals surface area contributed by atoms with Crippen molar-refractivity contribution in [2.45, 2.75) is 25.8 Å². The number of nitrogens with two attached hydrogens (primary N) is 1. The number of nitrogens with zero attached hydrogens (tertiary/aromatic N) is 1. The number of piperidine rings is 1. The third kappa shape index (κ3) is 3.01. The number of rotatable bonds is 4. The smallest absolute Gasteiger partial charge is 0.301 e. The number of hydrogen-bond acceptors (Lipinski definition) is 3. The Hall–Kier alpha value is -1.11. The molecule has 0 atom stereocenters. The summed E-state index contributed by atoms with van der Waals surface area (Å²) in [4.78, 5) is 0. The Morgan fingerprint density at radius 2 is 1.83 bits per heavy atom. The van der Waals surface area contributed by atoms with E-state index < -0.39 is 10.2 Å². The van der Waals surface area contributed by atoms with Crippen LogP contribution in [0.25, 0.3) is 0 Å². The van der Waals surface area contributed by atoms with Gasteiger partial charge in [-0.1, -0.05) is 24.6 Å². The quantitative estimate of drug-likeness (QED) is 0.864. The fraction of sp³-hybridized carbons (Fsp3) is 0.500. The number of anilines is 1. The summed E-state index contributed by atoms with van der Waals surface area (Å²) in [5.41, 5.74) is 6.98. The third-order valence-corrected chi connectivity index (χ3v) is 4.65. The highest BCUT2D eigenvalue weighted by Gasteiger charge is 2.24. The summed E-state index contributed by atoms with van der Waals surface area (Å²) in [7, 11) is -3.44. The van der Waals surface area contributed by atoms with Crippen LogP contribution in [-0.4, -0.2) is 25.8 Å². The minimum absolute atomic E-state index is 0.318. The number of para-hydroxylation sites is 1. The molecular weight excluding hydrogens is 250 g/mol. The predicted molar refractivity (Wildman–Crippen MR) is 72.3 cm³/mol. The van der Waals surface area contributed by atoms with Gasteiger partial charge in [0.1, 0.15) is 0 Å². The Kier molecular flexibility index (Phi) is 4.21. The summed E-state index contributed by atoms with van der Waals surface area (Å²) < 4.78 is 28.5. The molecule has 1 heterocycles. The van der Waals surface area contributed by atoms with Gasteiger partial charge >= 0.3 is 10.2 Å². The minimum Gasteiger partial charge on any atom is -0.326 e. The van der Waals surface area contributed by atoms with Crippen LogP contribution in [0, 0.1) is 0 Å². The van der Waals surface area contributed by atoms with E-state index >= 15 is 0 Å². The van der Waals surface area contributed by atoms with Crippen LogP contribution in [0.3, 0.4) is 0 Å². The van der Waals surface area contributed by atoms with E-state index in [0.29, 0.717) is 25.3 Å². The SMILES string of the molecule is NCc1ccccc1NS(=O)(=O)N1CCCCC1. The molecule has 1 fully saturated rings. The van der Waals surface area contributed by atoms with Crippen molar-refractivity contribution in [3.8, 4) is 0 Å². The van der Waals surface area contributed by atoms with Gasteiger partial charge < -0.3 is 5.73 Å². The van der Waals surface area contributed by atoms with E-state index in [4.69, 9.17) is 5.73 Å². The van der Waals surface area contributed by atoms with Crippen LogP contribution in [0.1, 0.15) is 24.8 Å². The molecule has 1 aliphatic heterocycles. The van der Waals surface area contributed by atoms with Gasteiger partial charge in [-0.3, -0.25) is 4.72 Å². The van der Waals surface area contributed by atoms with E-state index in [1.165, 1.54) is 4.31 Å². The van der Waals surface area contributed by atoms with Crippen LogP contribution in [0.5, 0.6) is 0 Å². The molecule has 0 amide bonds. The second kappa shape index (κ2) is 5.69. The highest BCUT2D eigenvalue weighted by molar-refractivity contribution is 7.90. The Morgan fingerprint density at radius 1 is 1.17 bits per heavy atom. The molecule has 1 saturated heterocycles. The van der Waals surface area contributed by atoms with Gasteiger partial charge in [-0.2, -0.15) is 12.7 Å². The van der Waals surface area contributed by atoms with Crippen LogP contribution >= 0.6 is 0 Å². The molecular formula is C12H19N3O2S. The standard InChI is InChI=1S/C12H19N3O2S/c13-10-11-6-2-3-7-12(11)14-18(16,17)15-8-4-1-5-9-15/h2-3,6-7,14H,1,4-5,8-10,13H2. The second-order valence-electron chi connectivity index (χ2n) is 4.43. The highest BCUT2D eigenvalue weighted by atomic mass is 32.2. The maximum absolute atomic E-state index is 12.2. The normalized spacial score (nSPS) is 17.6. The van der Waals surface area contributed by atoms with E-state index in [1.807, 2.05) is 12.1 Å². The lowest BCUT2D eigenvalue weighted by Gasteiger charge is -2.26. The average molecular weight is 269 g/mol. The Morgan fingerprint density at radius 3 is 2.50 bits per heavy atom. The lowest BCUT2D eigenvalue weighted by molar-refractivity contribution is 0.349. The summed E-state index contributed by atoms with van der Waals surface area (Å²) in [5.74, 6) is 0. The van der Waals surface area contributed by atoms with Gasteiger partial charge in [-0.15, -0.1) is 0 Å². The summed E-state index contributed by atoms with van der Waals surface area (Å²) in [6.07, 6.45) is 2.96. The van der Waals surface area contributed by atoms with Crippen molar-refractivity contribution in [1.82, 2.24) is 4.31 Å². The maximum atomic E-state index is 12.2. The lowest BCUT2D eigenvalue weighted by atomic mass is 10.2. The maximum Gasteiger partial charge on any atom is 0.301 e. The highest BCUT2D eigenvalue weighted by Crippen LogP contribution is 2.19. The lowest BCUT2D eigenvalue weighted by Crippen LogP contribution is -2.39. The monoisotopic (exact) mass is 269 g/mol. The molecule has 1 aliphatic rings. The van der Waals surface area contributed by atoms with Gasteiger partial charge in [0, 0.05) is 19.6 Å². The zero-order valence-electron chi connectivity index (χ0n) is 10.3. The Labute approximate surface area is 108 Å². The topological polar surface area (TPSA) is 75.4 Å². The molecule has 6 heteroatoms. The molecule has 0 aromatic heterocycles. The zero-order valence-corrected chi connectivity index (χ0v) is 11.1. The molecule has 18 heavy (non-hydrogen) atoms. The first-order valence-electron chi connectivity index (χ1n) is 6.19. The van der Waals surface area contributed by atoms with Crippen LogP contribution in [-0.2, 0) is 16.8 Å². The van der Waals surface area contributed by atoms with Crippen LogP contribution in [0.15, 0.2) is 24.3 Å². The molecule has 0 radical (unpaired) electrons. The minimum atomic E-state index is -3.44. The third-order valence-electron chi connectivity index (χ3n) is 3.13. The number of benzene rings is 1. The first-order chi connectivity index (χ1) is 8.63. The fourth-order valence-corrected chi connectivity index (χ4v) is 3.45.